The Bertz CT molecular complexity index is 247. The summed E-state index contributed by atoms with van der Waals surface area (Å²) in [6.45, 7) is 1.19. The average Bonchev–Trinajstić information content (AvgIpc) is 2.54. The van der Waals surface area contributed by atoms with Gasteiger partial charge in [0.1, 0.15) is 0 Å². The largest absolute Gasteiger partial charge is 0.296 e. The molecule has 2 heteroatoms. The molecule has 1 saturated heterocycles. The van der Waals surface area contributed by atoms with Crippen LogP contribution >= 0.6 is 11.8 Å². The molecule has 1 aliphatic rings. The lowest BCUT2D eigenvalue weighted by molar-refractivity contribution is 0.418. The summed E-state index contributed by atoms with van der Waals surface area (Å²) in [6, 6.07) is 10.8. The first-order valence-electron chi connectivity index (χ1n) is 4.21. The molecule has 1 fully saturated rings. The van der Waals surface area contributed by atoms with Crippen LogP contribution in [0.15, 0.2) is 30.3 Å². The van der Waals surface area contributed by atoms with E-state index in [-0.39, 0.29) is 0 Å². The Hall–Kier alpha value is -0.470. The van der Waals surface area contributed by atoms with Gasteiger partial charge in [-0.3, -0.25) is 4.90 Å². The van der Waals surface area contributed by atoms with Gasteiger partial charge in [0.05, 0.1) is 0 Å². The smallest absolute Gasteiger partial charge is 0.0448 e. The van der Waals surface area contributed by atoms with Crippen molar-refractivity contribution in [3.8, 4) is 0 Å². The number of hydrogen-bond acceptors (Lipinski definition) is 2. The van der Waals surface area contributed by atoms with Crippen LogP contribution in [0.2, 0.25) is 0 Å². The molecule has 1 aromatic rings. The van der Waals surface area contributed by atoms with Gasteiger partial charge < -0.3 is 0 Å². The second-order valence-electron chi connectivity index (χ2n) is 3.23. The first kappa shape index (κ1) is 8.14. The molecule has 64 valence electrons. The van der Waals surface area contributed by atoms with Crippen LogP contribution in [0.4, 0.5) is 0 Å². The Labute approximate surface area is 77.8 Å². The fraction of sp³-hybridized carbons (Fsp3) is 0.400. The second-order valence-corrected chi connectivity index (χ2v) is 4.39. The highest BCUT2D eigenvalue weighted by Gasteiger charge is 2.20. The molecule has 1 aliphatic heterocycles. The molecule has 0 bridgehead atoms. The topological polar surface area (TPSA) is 3.24 Å². The summed E-state index contributed by atoms with van der Waals surface area (Å²) in [5.74, 6) is 1.17. The Kier molecular flexibility index (Phi) is 2.38. The average molecular weight is 179 g/mol. The van der Waals surface area contributed by atoms with E-state index in [1.807, 2.05) is 11.8 Å². The van der Waals surface area contributed by atoms with E-state index in [9.17, 15) is 0 Å². The van der Waals surface area contributed by atoms with Crippen LogP contribution in [0.5, 0.6) is 0 Å². The van der Waals surface area contributed by atoms with Crippen LogP contribution < -0.4 is 0 Å². The Morgan fingerprint density at radius 3 is 2.67 bits per heavy atom. The molecule has 2 rings (SSSR count). The minimum Gasteiger partial charge on any atom is -0.296 e. The third-order valence-electron chi connectivity index (χ3n) is 2.14. The molecule has 1 nitrogen and oxygen atoms in total. The molecule has 0 unspecified atom stereocenters. The van der Waals surface area contributed by atoms with Crippen molar-refractivity contribution in [2.24, 2.45) is 0 Å². The van der Waals surface area contributed by atoms with Gasteiger partial charge in [0.15, 0.2) is 0 Å². The molecule has 0 aliphatic carbocycles. The molecule has 0 amide bonds. The molecular weight excluding hydrogens is 166 g/mol. The van der Waals surface area contributed by atoms with E-state index in [1.165, 1.54) is 18.0 Å². The van der Waals surface area contributed by atoms with Gasteiger partial charge in [-0.25, -0.2) is 0 Å². The maximum Gasteiger partial charge on any atom is 0.0448 e. The van der Waals surface area contributed by atoms with Gasteiger partial charge in [0, 0.05) is 17.7 Å². The highest BCUT2D eigenvalue weighted by atomic mass is 32.2. The third-order valence-corrected chi connectivity index (χ3v) is 3.56. The summed E-state index contributed by atoms with van der Waals surface area (Å²) in [4.78, 5) is 2.36. The predicted octanol–water partition coefficient (Wildman–Crippen LogP) is 2.36. The third kappa shape index (κ3) is 1.65. The number of benzene rings is 1. The van der Waals surface area contributed by atoms with Crippen molar-refractivity contribution >= 4 is 11.8 Å². The van der Waals surface area contributed by atoms with Crippen LogP contribution in [0, 0.1) is 0 Å². The maximum atomic E-state index is 2.36. The van der Waals surface area contributed by atoms with Crippen molar-refractivity contribution < 1.29 is 0 Å². The molecule has 1 heterocycles. The van der Waals surface area contributed by atoms with E-state index in [4.69, 9.17) is 0 Å². The lowest BCUT2D eigenvalue weighted by Gasteiger charge is -2.08. The fourth-order valence-corrected chi connectivity index (χ4v) is 2.72. The molecule has 1 atom stereocenters. The fourth-order valence-electron chi connectivity index (χ4n) is 1.48. The van der Waals surface area contributed by atoms with Crippen molar-refractivity contribution in [1.29, 1.82) is 0 Å². The van der Waals surface area contributed by atoms with Gasteiger partial charge in [-0.1, -0.05) is 30.3 Å². The van der Waals surface area contributed by atoms with Crippen LogP contribution in [0.3, 0.4) is 0 Å². The highest BCUT2D eigenvalue weighted by Crippen LogP contribution is 2.34. The van der Waals surface area contributed by atoms with E-state index in [1.54, 1.807) is 0 Å². The summed E-state index contributed by atoms with van der Waals surface area (Å²) < 4.78 is 0. The van der Waals surface area contributed by atoms with Crippen molar-refractivity contribution in [1.82, 2.24) is 4.90 Å². The van der Waals surface area contributed by atoms with E-state index in [2.05, 4.69) is 42.3 Å². The van der Waals surface area contributed by atoms with Gasteiger partial charge in [-0.05, 0) is 12.6 Å². The lowest BCUT2D eigenvalue weighted by Crippen LogP contribution is -2.13. The minimum absolute atomic E-state index is 0.691. The molecular formula is C10H13NS. The van der Waals surface area contributed by atoms with Crippen molar-refractivity contribution in [3.63, 3.8) is 0 Å². The van der Waals surface area contributed by atoms with Gasteiger partial charge in [0.2, 0.25) is 0 Å². The zero-order valence-electron chi connectivity index (χ0n) is 7.23. The first-order valence-corrected chi connectivity index (χ1v) is 5.26. The summed E-state index contributed by atoms with van der Waals surface area (Å²) in [5, 5.41) is 0.691. The molecule has 0 N–H and O–H groups in total. The van der Waals surface area contributed by atoms with E-state index >= 15 is 0 Å². The van der Waals surface area contributed by atoms with Crippen molar-refractivity contribution in [2.45, 2.75) is 5.25 Å². The zero-order chi connectivity index (χ0) is 8.39. The number of likely N-dealkylation sites (N-methyl/N-ethyl adjacent to an activating group) is 1. The van der Waals surface area contributed by atoms with E-state index in [0.29, 0.717) is 5.25 Å². The molecule has 0 radical (unpaired) electrons. The van der Waals surface area contributed by atoms with Crippen molar-refractivity contribution in [2.75, 3.05) is 19.5 Å². The molecule has 0 spiro atoms. The summed E-state index contributed by atoms with van der Waals surface area (Å²) in [7, 11) is 2.18. The van der Waals surface area contributed by atoms with E-state index in [0.717, 1.165) is 0 Å². The SMILES string of the molecule is CN1CS[C@@H](c2ccccc2)C1. The Balaban J connectivity index is 2.11. The quantitative estimate of drug-likeness (QED) is 0.651. The summed E-state index contributed by atoms with van der Waals surface area (Å²) >= 11 is 2.03. The lowest BCUT2D eigenvalue weighted by atomic mass is 10.1. The molecule has 0 saturated carbocycles. The van der Waals surface area contributed by atoms with Gasteiger partial charge in [-0.15, -0.1) is 11.8 Å². The van der Waals surface area contributed by atoms with Gasteiger partial charge in [0.25, 0.3) is 0 Å². The van der Waals surface area contributed by atoms with Crippen LogP contribution in [0.25, 0.3) is 0 Å². The van der Waals surface area contributed by atoms with Crippen molar-refractivity contribution in [3.05, 3.63) is 35.9 Å². The number of rotatable bonds is 1. The Morgan fingerprint density at radius 1 is 1.33 bits per heavy atom. The number of hydrogen-bond donors (Lipinski definition) is 0. The van der Waals surface area contributed by atoms with Crippen LogP contribution in [-0.4, -0.2) is 24.4 Å². The normalized spacial score (nSPS) is 24.6. The van der Waals surface area contributed by atoms with E-state index < -0.39 is 0 Å². The predicted molar refractivity (Wildman–Crippen MR) is 54.3 cm³/mol. The second kappa shape index (κ2) is 3.50. The standard InChI is InChI=1S/C10H13NS/c1-11-7-10(12-8-11)9-5-3-2-4-6-9/h2-6,10H,7-8H2,1H3/t10-/m1/s1. The highest BCUT2D eigenvalue weighted by molar-refractivity contribution is 7.99. The summed E-state index contributed by atoms with van der Waals surface area (Å²) in [6.07, 6.45) is 0. The molecule has 0 aromatic heterocycles. The van der Waals surface area contributed by atoms with Crippen LogP contribution in [0.1, 0.15) is 10.8 Å². The van der Waals surface area contributed by atoms with Gasteiger partial charge >= 0.3 is 0 Å². The Morgan fingerprint density at radius 2 is 2.08 bits per heavy atom. The molecule has 1 aromatic carbocycles. The first-order chi connectivity index (χ1) is 5.86. The van der Waals surface area contributed by atoms with Crippen LogP contribution in [-0.2, 0) is 0 Å². The summed E-state index contributed by atoms with van der Waals surface area (Å²) in [5.41, 5.74) is 1.46. The minimum atomic E-state index is 0.691. The monoisotopic (exact) mass is 179 g/mol. The number of nitrogens with zero attached hydrogens (tertiary/aromatic N) is 1. The zero-order valence-corrected chi connectivity index (χ0v) is 8.05. The maximum absolute atomic E-state index is 2.36. The molecule has 12 heavy (non-hydrogen) atoms. The number of thioether (sulfide) groups is 1. The van der Waals surface area contributed by atoms with Gasteiger partial charge in [-0.2, -0.15) is 0 Å².